The van der Waals surface area contributed by atoms with Crippen LogP contribution >= 0.6 is 0 Å². The zero-order valence-corrected chi connectivity index (χ0v) is 13.2. The first-order valence-corrected chi connectivity index (χ1v) is 7.83. The summed E-state index contributed by atoms with van der Waals surface area (Å²) in [5.41, 5.74) is 6.67. The van der Waals surface area contributed by atoms with Crippen molar-refractivity contribution in [2.24, 2.45) is 5.73 Å². The van der Waals surface area contributed by atoms with Crippen LogP contribution in [0.3, 0.4) is 0 Å². The number of hydrogen-bond donors (Lipinski definition) is 1. The quantitative estimate of drug-likeness (QED) is 0.743. The van der Waals surface area contributed by atoms with Gasteiger partial charge in [0.05, 0.1) is 5.54 Å². The first-order valence-electron chi connectivity index (χ1n) is 7.83. The first kappa shape index (κ1) is 17.1. The molecule has 114 valence electrons. The molecule has 0 radical (unpaired) electrons. The van der Waals surface area contributed by atoms with Crippen molar-refractivity contribution in [3.63, 3.8) is 0 Å². The molecule has 3 heteroatoms. The SMILES string of the molecule is CCCN(CCC)CC(N)(CCC)c1ccccc1F. The lowest BCUT2D eigenvalue weighted by Gasteiger charge is -2.36. The average molecular weight is 280 g/mol. The smallest absolute Gasteiger partial charge is 0.128 e. The summed E-state index contributed by atoms with van der Waals surface area (Å²) in [7, 11) is 0. The number of rotatable bonds is 9. The number of hydrogen-bond acceptors (Lipinski definition) is 2. The van der Waals surface area contributed by atoms with Gasteiger partial charge >= 0.3 is 0 Å². The zero-order chi connectivity index (χ0) is 15.0. The predicted molar refractivity (Wildman–Crippen MR) is 84.2 cm³/mol. The molecule has 0 aromatic heterocycles. The minimum Gasteiger partial charge on any atom is -0.320 e. The molecule has 20 heavy (non-hydrogen) atoms. The van der Waals surface area contributed by atoms with E-state index in [-0.39, 0.29) is 5.82 Å². The number of benzene rings is 1. The van der Waals surface area contributed by atoms with E-state index >= 15 is 0 Å². The largest absolute Gasteiger partial charge is 0.320 e. The van der Waals surface area contributed by atoms with E-state index in [1.807, 2.05) is 12.1 Å². The van der Waals surface area contributed by atoms with Crippen LogP contribution in [-0.2, 0) is 5.54 Å². The van der Waals surface area contributed by atoms with Crippen molar-refractivity contribution in [2.45, 2.75) is 52.0 Å². The summed E-state index contributed by atoms with van der Waals surface area (Å²) >= 11 is 0. The van der Waals surface area contributed by atoms with E-state index in [0.29, 0.717) is 5.56 Å². The van der Waals surface area contributed by atoms with Gasteiger partial charge in [-0.2, -0.15) is 0 Å². The molecule has 0 amide bonds. The Hall–Kier alpha value is -0.930. The van der Waals surface area contributed by atoms with Crippen molar-refractivity contribution < 1.29 is 4.39 Å². The predicted octanol–water partition coefficient (Wildman–Crippen LogP) is 3.90. The van der Waals surface area contributed by atoms with E-state index in [2.05, 4.69) is 25.7 Å². The molecule has 0 aliphatic rings. The fourth-order valence-corrected chi connectivity index (χ4v) is 2.91. The highest BCUT2D eigenvalue weighted by atomic mass is 19.1. The van der Waals surface area contributed by atoms with Crippen molar-refractivity contribution in [3.8, 4) is 0 Å². The van der Waals surface area contributed by atoms with Gasteiger partial charge in [0.25, 0.3) is 0 Å². The molecular formula is C17H29FN2. The minimum atomic E-state index is -0.593. The van der Waals surface area contributed by atoms with E-state index in [1.54, 1.807) is 6.07 Å². The first-order chi connectivity index (χ1) is 9.57. The Bertz CT molecular complexity index is 388. The molecule has 0 spiro atoms. The molecule has 0 aliphatic heterocycles. The van der Waals surface area contributed by atoms with Crippen LogP contribution in [-0.4, -0.2) is 24.5 Å². The van der Waals surface area contributed by atoms with Crippen molar-refractivity contribution in [2.75, 3.05) is 19.6 Å². The van der Waals surface area contributed by atoms with Crippen LogP contribution in [0.4, 0.5) is 4.39 Å². The molecule has 0 saturated heterocycles. The molecule has 0 bridgehead atoms. The maximum absolute atomic E-state index is 14.1. The molecule has 2 nitrogen and oxygen atoms in total. The summed E-state index contributed by atoms with van der Waals surface area (Å²) in [5.74, 6) is -0.184. The highest BCUT2D eigenvalue weighted by Gasteiger charge is 2.31. The van der Waals surface area contributed by atoms with Gasteiger partial charge in [0.1, 0.15) is 5.82 Å². The van der Waals surface area contributed by atoms with Gasteiger partial charge < -0.3 is 10.6 Å². The van der Waals surface area contributed by atoms with Gasteiger partial charge in [-0.1, -0.05) is 45.4 Å². The second-order valence-electron chi connectivity index (χ2n) is 5.66. The van der Waals surface area contributed by atoms with E-state index in [0.717, 1.165) is 45.3 Å². The molecule has 1 atom stereocenters. The molecular weight excluding hydrogens is 251 g/mol. The Morgan fingerprint density at radius 1 is 1.05 bits per heavy atom. The van der Waals surface area contributed by atoms with Crippen LogP contribution in [0.5, 0.6) is 0 Å². The molecule has 0 aliphatic carbocycles. The molecule has 1 aromatic rings. The molecule has 1 rings (SSSR count). The summed E-state index contributed by atoms with van der Waals surface area (Å²) in [6.45, 7) is 9.21. The van der Waals surface area contributed by atoms with E-state index in [4.69, 9.17) is 5.73 Å². The van der Waals surface area contributed by atoms with Gasteiger partial charge in [-0.15, -0.1) is 0 Å². The van der Waals surface area contributed by atoms with E-state index in [9.17, 15) is 4.39 Å². The summed E-state index contributed by atoms with van der Waals surface area (Å²) in [4.78, 5) is 2.36. The van der Waals surface area contributed by atoms with Crippen LogP contribution in [0.15, 0.2) is 24.3 Å². The summed E-state index contributed by atoms with van der Waals surface area (Å²) in [6.07, 6.45) is 3.95. The second-order valence-corrected chi connectivity index (χ2v) is 5.66. The highest BCUT2D eigenvalue weighted by Crippen LogP contribution is 2.27. The van der Waals surface area contributed by atoms with Gasteiger partial charge in [-0.25, -0.2) is 4.39 Å². The third-order valence-electron chi connectivity index (χ3n) is 3.69. The van der Waals surface area contributed by atoms with Crippen molar-refractivity contribution >= 4 is 0 Å². The third kappa shape index (κ3) is 4.57. The maximum Gasteiger partial charge on any atom is 0.128 e. The Morgan fingerprint density at radius 3 is 2.15 bits per heavy atom. The van der Waals surface area contributed by atoms with Crippen LogP contribution in [0.25, 0.3) is 0 Å². The number of nitrogens with two attached hydrogens (primary N) is 1. The lowest BCUT2D eigenvalue weighted by molar-refractivity contribution is 0.196. The summed E-state index contributed by atoms with van der Waals surface area (Å²) in [6, 6.07) is 6.94. The monoisotopic (exact) mass is 280 g/mol. The van der Waals surface area contributed by atoms with E-state index in [1.165, 1.54) is 6.07 Å². The Kier molecular flexibility index (Phi) is 7.17. The minimum absolute atomic E-state index is 0.184. The van der Waals surface area contributed by atoms with Gasteiger partial charge in [0, 0.05) is 12.1 Å². The fraction of sp³-hybridized carbons (Fsp3) is 0.647. The van der Waals surface area contributed by atoms with Crippen molar-refractivity contribution in [1.82, 2.24) is 4.90 Å². The normalized spacial score (nSPS) is 14.5. The van der Waals surface area contributed by atoms with Gasteiger partial charge in [0.15, 0.2) is 0 Å². The Morgan fingerprint density at radius 2 is 1.65 bits per heavy atom. The zero-order valence-electron chi connectivity index (χ0n) is 13.2. The van der Waals surface area contributed by atoms with Gasteiger partial charge in [0.2, 0.25) is 0 Å². The molecule has 2 N–H and O–H groups in total. The molecule has 0 saturated carbocycles. The lowest BCUT2D eigenvalue weighted by atomic mass is 9.85. The van der Waals surface area contributed by atoms with E-state index < -0.39 is 5.54 Å². The average Bonchev–Trinajstić information content (AvgIpc) is 2.40. The van der Waals surface area contributed by atoms with Gasteiger partial charge in [-0.05, 0) is 38.4 Å². The fourth-order valence-electron chi connectivity index (χ4n) is 2.91. The molecule has 1 aromatic carbocycles. The van der Waals surface area contributed by atoms with Crippen LogP contribution in [0.1, 0.15) is 52.0 Å². The highest BCUT2D eigenvalue weighted by molar-refractivity contribution is 5.26. The Balaban J connectivity index is 2.98. The number of nitrogens with zero attached hydrogens (tertiary/aromatic N) is 1. The third-order valence-corrected chi connectivity index (χ3v) is 3.69. The lowest BCUT2D eigenvalue weighted by Crippen LogP contribution is -2.48. The molecule has 0 fully saturated rings. The van der Waals surface area contributed by atoms with Crippen molar-refractivity contribution in [1.29, 1.82) is 0 Å². The van der Waals surface area contributed by atoms with Crippen LogP contribution in [0.2, 0.25) is 0 Å². The van der Waals surface area contributed by atoms with Gasteiger partial charge in [-0.3, -0.25) is 0 Å². The summed E-state index contributed by atoms with van der Waals surface area (Å²) < 4.78 is 14.1. The summed E-state index contributed by atoms with van der Waals surface area (Å²) in [5, 5.41) is 0. The molecule has 1 unspecified atom stereocenters. The standard InChI is InChI=1S/C17H29FN2/c1-4-11-17(19,14-20(12-5-2)13-6-3)15-9-7-8-10-16(15)18/h7-10H,4-6,11-14,19H2,1-3H3. The second kappa shape index (κ2) is 8.38. The number of halogens is 1. The topological polar surface area (TPSA) is 29.3 Å². The van der Waals surface area contributed by atoms with Crippen molar-refractivity contribution in [3.05, 3.63) is 35.6 Å². The van der Waals surface area contributed by atoms with Crippen LogP contribution in [0, 0.1) is 5.82 Å². The maximum atomic E-state index is 14.1. The van der Waals surface area contributed by atoms with Crippen LogP contribution < -0.4 is 5.73 Å². The molecule has 0 heterocycles. The Labute approximate surface area is 123 Å².